The third kappa shape index (κ3) is 5.21. The van der Waals surface area contributed by atoms with Gasteiger partial charge in [-0.05, 0) is 11.5 Å². The van der Waals surface area contributed by atoms with E-state index in [0.29, 0.717) is 6.54 Å². The minimum absolute atomic E-state index is 0.279. The first-order valence-corrected chi connectivity index (χ1v) is 10.7. The zero-order valence-corrected chi connectivity index (χ0v) is 18.2. The van der Waals surface area contributed by atoms with Crippen LogP contribution in [0.1, 0.15) is 0 Å². The molecule has 31 heavy (non-hydrogen) atoms. The molecule has 3 aromatic carbocycles. The van der Waals surface area contributed by atoms with E-state index in [2.05, 4.69) is 21.9 Å². The van der Waals surface area contributed by atoms with E-state index in [1.54, 1.807) is 14.2 Å². The molecule has 1 fully saturated rings. The Morgan fingerprint density at radius 1 is 0.871 bits per heavy atom. The maximum Gasteiger partial charge on any atom is 0.127 e. The number of nitrogens with zero attached hydrogens (tertiary/aromatic N) is 2. The van der Waals surface area contributed by atoms with Crippen LogP contribution in [0.25, 0.3) is 10.8 Å². The van der Waals surface area contributed by atoms with Crippen molar-refractivity contribution < 1.29 is 19.3 Å². The van der Waals surface area contributed by atoms with Gasteiger partial charge in [0.05, 0.1) is 14.2 Å². The molecule has 164 valence electrons. The van der Waals surface area contributed by atoms with Crippen LogP contribution in [-0.4, -0.2) is 69.7 Å². The van der Waals surface area contributed by atoms with E-state index in [1.165, 1.54) is 0 Å². The van der Waals surface area contributed by atoms with Crippen molar-refractivity contribution in [1.82, 2.24) is 4.90 Å². The Morgan fingerprint density at radius 3 is 2.26 bits per heavy atom. The number of piperazine rings is 1. The lowest BCUT2D eigenvalue weighted by molar-refractivity contribution is 0.0668. The van der Waals surface area contributed by atoms with Gasteiger partial charge < -0.3 is 24.2 Å². The lowest BCUT2D eigenvalue weighted by Crippen LogP contribution is -2.49. The quantitative estimate of drug-likeness (QED) is 0.600. The fraction of sp³-hybridized carbons (Fsp3) is 0.360. The molecule has 1 unspecified atom stereocenters. The van der Waals surface area contributed by atoms with Crippen LogP contribution < -0.4 is 19.1 Å². The van der Waals surface area contributed by atoms with Gasteiger partial charge in [0.2, 0.25) is 0 Å². The van der Waals surface area contributed by atoms with Gasteiger partial charge in [-0.15, -0.1) is 0 Å². The first-order chi connectivity index (χ1) is 15.2. The van der Waals surface area contributed by atoms with E-state index in [1.807, 2.05) is 48.5 Å². The minimum atomic E-state index is -0.539. The molecule has 1 heterocycles. The second-order valence-corrected chi connectivity index (χ2v) is 7.80. The van der Waals surface area contributed by atoms with Crippen LogP contribution in [0.3, 0.4) is 0 Å². The normalized spacial score (nSPS) is 15.6. The largest absolute Gasteiger partial charge is 0.497 e. The topological polar surface area (TPSA) is 54.4 Å². The number of β-amino-alcohol motifs (C(OH)–C–C–N with tert-alkyl or cyclic N) is 1. The van der Waals surface area contributed by atoms with Gasteiger partial charge in [-0.2, -0.15) is 0 Å². The third-order valence-electron chi connectivity index (χ3n) is 5.72. The molecule has 1 N–H and O–H groups in total. The number of aliphatic hydroxyl groups is 1. The Balaban J connectivity index is 1.29. The fourth-order valence-electron chi connectivity index (χ4n) is 4.02. The van der Waals surface area contributed by atoms with Crippen LogP contribution in [0.4, 0.5) is 5.69 Å². The van der Waals surface area contributed by atoms with Gasteiger partial charge in [0.1, 0.15) is 30.0 Å². The average molecular weight is 423 g/mol. The van der Waals surface area contributed by atoms with Gasteiger partial charge >= 0.3 is 0 Å². The molecule has 1 saturated heterocycles. The number of fused-ring (bicyclic) bond motifs is 1. The van der Waals surface area contributed by atoms with Crippen LogP contribution >= 0.6 is 0 Å². The maximum atomic E-state index is 10.5. The maximum absolute atomic E-state index is 10.5. The second kappa shape index (κ2) is 9.90. The van der Waals surface area contributed by atoms with Gasteiger partial charge in [0.25, 0.3) is 0 Å². The molecule has 0 saturated carbocycles. The van der Waals surface area contributed by atoms with Crippen molar-refractivity contribution in [1.29, 1.82) is 0 Å². The number of benzene rings is 3. The number of hydrogen-bond acceptors (Lipinski definition) is 6. The predicted molar refractivity (Wildman–Crippen MR) is 124 cm³/mol. The number of hydrogen-bond donors (Lipinski definition) is 1. The molecule has 0 bridgehead atoms. The van der Waals surface area contributed by atoms with E-state index in [0.717, 1.165) is 59.9 Å². The SMILES string of the molecule is COc1cc(OC)cc(N2CCN(CC(O)COc3cccc4ccccc34)CC2)c1. The summed E-state index contributed by atoms with van der Waals surface area (Å²) < 4.78 is 16.7. The first kappa shape index (κ1) is 21.3. The summed E-state index contributed by atoms with van der Waals surface area (Å²) in [6.07, 6.45) is -0.539. The zero-order valence-electron chi connectivity index (χ0n) is 18.2. The second-order valence-electron chi connectivity index (χ2n) is 7.80. The van der Waals surface area contributed by atoms with Crippen LogP contribution in [0.2, 0.25) is 0 Å². The summed E-state index contributed by atoms with van der Waals surface area (Å²) in [6, 6.07) is 20.1. The van der Waals surface area contributed by atoms with Gasteiger partial charge in [-0.25, -0.2) is 0 Å². The molecule has 6 nitrogen and oxygen atoms in total. The Bertz CT molecular complexity index is 974. The Morgan fingerprint density at radius 2 is 1.55 bits per heavy atom. The average Bonchev–Trinajstić information content (AvgIpc) is 2.82. The van der Waals surface area contributed by atoms with Crippen LogP contribution in [-0.2, 0) is 0 Å². The first-order valence-electron chi connectivity index (χ1n) is 10.7. The third-order valence-corrected chi connectivity index (χ3v) is 5.72. The van der Waals surface area contributed by atoms with Gasteiger partial charge in [-0.3, -0.25) is 4.90 Å². The summed E-state index contributed by atoms with van der Waals surface area (Å²) in [4.78, 5) is 4.60. The highest BCUT2D eigenvalue weighted by molar-refractivity contribution is 5.88. The lowest BCUT2D eigenvalue weighted by atomic mass is 10.1. The van der Waals surface area contributed by atoms with E-state index < -0.39 is 6.10 Å². The van der Waals surface area contributed by atoms with E-state index in [4.69, 9.17) is 14.2 Å². The summed E-state index contributed by atoms with van der Waals surface area (Å²) in [5.74, 6) is 2.39. The number of anilines is 1. The molecule has 6 heteroatoms. The molecule has 0 aliphatic carbocycles. The number of aliphatic hydroxyl groups excluding tert-OH is 1. The molecule has 1 aliphatic rings. The molecule has 0 radical (unpaired) electrons. The monoisotopic (exact) mass is 422 g/mol. The van der Waals surface area contributed by atoms with Gasteiger partial charge in [0.15, 0.2) is 0 Å². The highest BCUT2D eigenvalue weighted by atomic mass is 16.5. The van der Waals surface area contributed by atoms with Crippen LogP contribution in [0, 0.1) is 0 Å². The molecular formula is C25H30N2O4. The molecule has 4 rings (SSSR count). The minimum Gasteiger partial charge on any atom is -0.497 e. The number of methoxy groups -OCH3 is 2. The van der Waals surface area contributed by atoms with Gasteiger partial charge in [0, 0.05) is 62.0 Å². The molecule has 1 aliphatic heterocycles. The smallest absolute Gasteiger partial charge is 0.127 e. The van der Waals surface area contributed by atoms with Gasteiger partial charge in [-0.1, -0.05) is 36.4 Å². The van der Waals surface area contributed by atoms with E-state index in [-0.39, 0.29) is 6.61 Å². The fourth-order valence-corrected chi connectivity index (χ4v) is 4.02. The Hall–Kier alpha value is -2.96. The molecule has 3 aromatic rings. The van der Waals surface area contributed by atoms with Crippen molar-refractivity contribution in [3.8, 4) is 17.2 Å². The summed E-state index contributed by atoms with van der Waals surface area (Å²) >= 11 is 0. The summed E-state index contributed by atoms with van der Waals surface area (Å²) in [6.45, 7) is 4.40. The number of rotatable bonds is 8. The Labute approximate surface area is 183 Å². The highest BCUT2D eigenvalue weighted by Crippen LogP contribution is 2.29. The molecular weight excluding hydrogens is 392 g/mol. The van der Waals surface area contributed by atoms with Crippen molar-refractivity contribution in [2.45, 2.75) is 6.10 Å². The van der Waals surface area contributed by atoms with E-state index >= 15 is 0 Å². The predicted octanol–water partition coefficient (Wildman–Crippen LogP) is 3.42. The summed E-state index contributed by atoms with van der Waals surface area (Å²) in [7, 11) is 3.33. The van der Waals surface area contributed by atoms with Crippen molar-refractivity contribution in [3.05, 3.63) is 60.7 Å². The van der Waals surface area contributed by atoms with Crippen molar-refractivity contribution in [3.63, 3.8) is 0 Å². The standard InChI is InChI=1S/C25H30N2O4/c1-29-22-14-20(15-23(16-22)30-2)27-12-10-26(11-13-27)17-21(28)18-31-25-9-5-7-19-6-3-4-8-24(19)25/h3-9,14-16,21,28H,10-13,17-18H2,1-2H3. The van der Waals surface area contributed by atoms with Crippen LogP contribution in [0.5, 0.6) is 17.2 Å². The van der Waals surface area contributed by atoms with Crippen molar-refractivity contribution in [2.24, 2.45) is 0 Å². The van der Waals surface area contributed by atoms with E-state index in [9.17, 15) is 5.11 Å². The van der Waals surface area contributed by atoms with Crippen LogP contribution in [0.15, 0.2) is 60.7 Å². The Kier molecular flexibility index (Phi) is 6.79. The molecule has 1 atom stereocenters. The molecule has 0 spiro atoms. The zero-order chi connectivity index (χ0) is 21.6. The summed E-state index contributed by atoms with van der Waals surface area (Å²) in [5, 5.41) is 12.7. The highest BCUT2D eigenvalue weighted by Gasteiger charge is 2.21. The number of ether oxygens (including phenoxy) is 3. The molecule has 0 amide bonds. The molecule has 0 aromatic heterocycles. The van der Waals surface area contributed by atoms with Crippen molar-refractivity contribution >= 4 is 16.5 Å². The summed E-state index contributed by atoms with van der Waals surface area (Å²) in [5.41, 5.74) is 1.09. The lowest BCUT2D eigenvalue weighted by Gasteiger charge is -2.37. The van der Waals surface area contributed by atoms with Crippen molar-refractivity contribution in [2.75, 3.05) is 58.5 Å².